The zero-order valence-corrected chi connectivity index (χ0v) is 15.1. The summed E-state index contributed by atoms with van der Waals surface area (Å²) in [7, 11) is 1.68. The number of methoxy groups -OCH3 is 1. The standard InChI is InChI=1S/C21H26N2O2/c1-17-3-5-18(6-4-17)7-12-21(24)23-15-13-22(14-16-23)19-8-10-20(25-2)11-9-19/h3-6,8-11H,7,12-16H2,1-2H3. The predicted molar refractivity (Wildman–Crippen MR) is 101 cm³/mol. The van der Waals surface area contributed by atoms with Gasteiger partial charge in [-0.05, 0) is 43.2 Å². The van der Waals surface area contributed by atoms with Gasteiger partial charge in [0, 0.05) is 38.3 Å². The van der Waals surface area contributed by atoms with Crippen molar-refractivity contribution >= 4 is 11.6 Å². The van der Waals surface area contributed by atoms with Gasteiger partial charge in [-0.15, -0.1) is 0 Å². The fourth-order valence-electron chi connectivity index (χ4n) is 3.17. The minimum Gasteiger partial charge on any atom is -0.497 e. The molecule has 1 aliphatic rings. The Kier molecular flexibility index (Phi) is 5.59. The molecule has 2 aromatic rings. The number of aryl methyl sites for hydroxylation is 2. The number of piperazine rings is 1. The first-order chi connectivity index (χ1) is 12.2. The van der Waals surface area contributed by atoms with E-state index in [1.165, 1.54) is 16.8 Å². The lowest BCUT2D eigenvalue weighted by Crippen LogP contribution is -2.48. The van der Waals surface area contributed by atoms with Crippen LogP contribution in [0.5, 0.6) is 5.75 Å². The Hall–Kier alpha value is -2.49. The van der Waals surface area contributed by atoms with Crippen molar-refractivity contribution in [2.75, 3.05) is 38.2 Å². The lowest BCUT2D eigenvalue weighted by molar-refractivity contribution is -0.131. The maximum atomic E-state index is 12.5. The largest absolute Gasteiger partial charge is 0.497 e. The average Bonchev–Trinajstić information content (AvgIpc) is 2.67. The van der Waals surface area contributed by atoms with Gasteiger partial charge in [-0.2, -0.15) is 0 Å². The minimum absolute atomic E-state index is 0.259. The van der Waals surface area contributed by atoms with E-state index in [-0.39, 0.29) is 5.91 Å². The molecule has 0 aromatic heterocycles. The molecule has 3 rings (SSSR count). The highest BCUT2D eigenvalue weighted by atomic mass is 16.5. The lowest BCUT2D eigenvalue weighted by Gasteiger charge is -2.36. The third-order valence-electron chi connectivity index (χ3n) is 4.82. The van der Waals surface area contributed by atoms with Crippen molar-refractivity contribution in [2.24, 2.45) is 0 Å². The normalized spacial score (nSPS) is 14.5. The molecule has 0 N–H and O–H groups in total. The van der Waals surface area contributed by atoms with Gasteiger partial charge < -0.3 is 14.5 Å². The first kappa shape index (κ1) is 17.3. The number of amides is 1. The van der Waals surface area contributed by atoms with Crippen molar-refractivity contribution in [1.29, 1.82) is 0 Å². The molecule has 0 aliphatic carbocycles. The molecular weight excluding hydrogens is 312 g/mol. The van der Waals surface area contributed by atoms with E-state index in [4.69, 9.17) is 4.74 Å². The van der Waals surface area contributed by atoms with Crippen LogP contribution in [0.25, 0.3) is 0 Å². The summed E-state index contributed by atoms with van der Waals surface area (Å²) >= 11 is 0. The van der Waals surface area contributed by atoms with E-state index in [1.54, 1.807) is 7.11 Å². The second-order valence-electron chi connectivity index (χ2n) is 6.55. The van der Waals surface area contributed by atoms with Crippen LogP contribution in [0.3, 0.4) is 0 Å². The molecule has 0 radical (unpaired) electrons. The molecular formula is C21H26N2O2. The number of hydrogen-bond acceptors (Lipinski definition) is 3. The van der Waals surface area contributed by atoms with E-state index in [0.29, 0.717) is 6.42 Å². The summed E-state index contributed by atoms with van der Waals surface area (Å²) in [5.74, 6) is 1.13. The lowest BCUT2D eigenvalue weighted by atomic mass is 10.1. The number of anilines is 1. The summed E-state index contributed by atoms with van der Waals surface area (Å²) in [5, 5.41) is 0. The van der Waals surface area contributed by atoms with Crippen LogP contribution in [0.4, 0.5) is 5.69 Å². The van der Waals surface area contributed by atoms with Crippen molar-refractivity contribution in [2.45, 2.75) is 19.8 Å². The van der Waals surface area contributed by atoms with Crippen molar-refractivity contribution in [1.82, 2.24) is 4.90 Å². The summed E-state index contributed by atoms with van der Waals surface area (Å²) in [6.45, 7) is 5.42. The molecule has 0 saturated carbocycles. The van der Waals surface area contributed by atoms with Gasteiger partial charge >= 0.3 is 0 Å². The molecule has 2 aromatic carbocycles. The summed E-state index contributed by atoms with van der Waals surface area (Å²) in [5.41, 5.74) is 3.67. The molecule has 1 amide bonds. The maximum Gasteiger partial charge on any atom is 0.223 e. The molecule has 0 unspecified atom stereocenters. The van der Waals surface area contributed by atoms with Crippen LogP contribution in [-0.2, 0) is 11.2 Å². The van der Waals surface area contributed by atoms with Gasteiger partial charge in [-0.25, -0.2) is 0 Å². The molecule has 0 bridgehead atoms. The van der Waals surface area contributed by atoms with E-state index in [2.05, 4.69) is 48.2 Å². The quantitative estimate of drug-likeness (QED) is 0.839. The fraction of sp³-hybridized carbons (Fsp3) is 0.381. The van der Waals surface area contributed by atoms with Crippen LogP contribution in [0.1, 0.15) is 17.5 Å². The molecule has 132 valence electrons. The first-order valence-corrected chi connectivity index (χ1v) is 8.88. The van der Waals surface area contributed by atoms with Gasteiger partial charge in [-0.1, -0.05) is 29.8 Å². The predicted octanol–water partition coefficient (Wildman–Crippen LogP) is 3.29. The smallest absolute Gasteiger partial charge is 0.223 e. The Balaban J connectivity index is 1.47. The van der Waals surface area contributed by atoms with Crippen LogP contribution in [0.15, 0.2) is 48.5 Å². The highest BCUT2D eigenvalue weighted by Gasteiger charge is 2.21. The zero-order valence-electron chi connectivity index (χ0n) is 15.1. The second kappa shape index (κ2) is 8.06. The molecule has 25 heavy (non-hydrogen) atoms. The number of ether oxygens (including phenoxy) is 1. The Morgan fingerprint density at radius 2 is 1.60 bits per heavy atom. The van der Waals surface area contributed by atoms with Crippen LogP contribution >= 0.6 is 0 Å². The van der Waals surface area contributed by atoms with E-state index >= 15 is 0 Å². The van der Waals surface area contributed by atoms with E-state index in [9.17, 15) is 4.79 Å². The van der Waals surface area contributed by atoms with E-state index < -0.39 is 0 Å². The fourth-order valence-corrected chi connectivity index (χ4v) is 3.17. The maximum absolute atomic E-state index is 12.5. The Bertz CT molecular complexity index is 687. The summed E-state index contributed by atoms with van der Waals surface area (Å²) < 4.78 is 5.20. The molecule has 4 heteroatoms. The van der Waals surface area contributed by atoms with Crippen molar-refractivity contribution < 1.29 is 9.53 Å². The number of carbonyl (C=O) groups is 1. The van der Waals surface area contributed by atoms with Gasteiger partial charge in [0.1, 0.15) is 5.75 Å². The first-order valence-electron chi connectivity index (χ1n) is 8.88. The number of benzene rings is 2. The summed E-state index contributed by atoms with van der Waals surface area (Å²) in [6, 6.07) is 16.6. The second-order valence-corrected chi connectivity index (χ2v) is 6.55. The van der Waals surface area contributed by atoms with Crippen LogP contribution < -0.4 is 9.64 Å². The number of rotatable bonds is 5. The van der Waals surface area contributed by atoms with Gasteiger partial charge in [0.25, 0.3) is 0 Å². The molecule has 1 fully saturated rings. The summed E-state index contributed by atoms with van der Waals surface area (Å²) in [4.78, 5) is 16.8. The number of nitrogens with zero attached hydrogens (tertiary/aromatic N) is 2. The van der Waals surface area contributed by atoms with Crippen molar-refractivity contribution in [3.8, 4) is 5.75 Å². The van der Waals surface area contributed by atoms with Crippen LogP contribution in [0, 0.1) is 6.92 Å². The highest BCUT2D eigenvalue weighted by molar-refractivity contribution is 5.76. The Morgan fingerprint density at radius 1 is 0.960 bits per heavy atom. The number of hydrogen-bond donors (Lipinski definition) is 0. The number of carbonyl (C=O) groups excluding carboxylic acids is 1. The molecule has 1 aliphatic heterocycles. The van der Waals surface area contributed by atoms with Crippen LogP contribution in [0.2, 0.25) is 0 Å². The Morgan fingerprint density at radius 3 is 2.20 bits per heavy atom. The monoisotopic (exact) mass is 338 g/mol. The van der Waals surface area contributed by atoms with E-state index in [0.717, 1.165) is 38.3 Å². The summed E-state index contributed by atoms with van der Waals surface area (Å²) in [6.07, 6.45) is 1.41. The molecule has 1 heterocycles. The van der Waals surface area contributed by atoms with Gasteiger partial charge in [-0.3, -0.25) is 4.79 Å². The third kappa shape index (κ3) is 4.53. The van der Waals surface area contributed by atoms with Gasteiger partial charge in [0.2, 0.25) is 5.91 Å². The Labute approximate surface area is 150 Å². The van der Waals surface area contributed by atoms with Crippen LogP contribution in [-0.4, -0.2) is 44.1 Å². The SMILES string of the molecule is COc1ccc(N2CCN(C(=O)CCc3ccc(C)cc3)CC2)cc1. The molecule has 0 spiro atoms. The molecule has 4 nitrogen and oxygen atoms in total. The van der Waals surface area contributed by atoms with Crippen molar-refractivity contribution in [3.05, 3.63) is 59.7 Å². The molecule has 1 saturated heterocycles. The zero-order chi connectivity index (χ0) is 17.6. The minimum atomic E-state index is 0.259. The van der Waals surface area contributed by atoms with Gasteiger partial charge in [0.05, 0.1) is 7.11 Å². The van der Waals surface area contributed by atoms with Gasteiger partial charge in [0.15, 0.2) is 0 Å². The molecule has 0 atom stereocenters. The van der Waals surface area contributed by atoms with Crippen molar-refractivity contribution in [3.63, 3.8) is 0 Å². The third-order valence-corrected chi connectivity index (χ3v) is 4.82. The average molecular weight is 338 g/mol. The topological polar surface area (TPSA) is 32.8 Å². The highest BCUT2D eigenvalue weighted by Crippen LogP contribution is 2.20. The van der Waals surface area contributed by atoms with E-state index in [1.807, 2.05) is 17.0 Å².